The largest absolute Gasteiger partial charge is 0.370 e. The summed E-state index contributed by atoms with van der Waals surface area (Å²) in [5.41, 5.74) is 5.22. The lowest BCUT2D eigenvalue weighted by Crippen LogP contribution is -2.37. The number of nitrogens with one attached hydrogen (secondary N) is 1. The highest BCUT2D eigenvalue weighted by Gasteiger charge is 2.09. The summed E-state index contributed by atoms with van der Waals surface area (Å²) in [5, 5.41) is 2.66. The third-order valence-electron chi connectivity index (χ3n) is 1.67. The van der Waals surface area contributed by atoms with E-state index in [0.717, 1.165) is 0 Å². The highest BCUT2D eigenvalue weighted by Crippen LogP contribution is 1.93. The second kappa shape index (κ2) is 10.8. The summed E-state index contributed by atoms with van der Waals surface area (Å²) in [6.45, 7) is 5.97. The van der Waals surface area contributed by atoms with Crippen molar-refractivity contribution in [3.8, 4) is 0 Å². The van der Waals surface area contributed by atoms with Gasteiger partial charge in [0.2, 0.25) is 5.91 Å². The SMILES string of the molecule is CCOC(CNC(=O)COCCN)OCC. The lowest BCUT2D eigenvalue weighted by Gasteiger charge is -2.17. The van der Waals surface area contributed by atoms with Gasteiger partial charge in [0, 0.05) is 19.8 Å². The molecule has 96 valence electrons. The van der Waals surface area contributed by atoms with Crippen LogP contribution in [0.5, 0.6) is 0 Å². The summed E-state index contributed by atoms with van der Waals surface area (Å²) >= 11 is 0. The molecule has 16 heavy (non-hydrogen) atoms. The molecule has 0 radical (unpaired) electrons. The Morgan fingerprint density at radius 2 is 1.94 bits per heavy atom. The zero-order valence-corrected chi connectivity index (χ0v) is 10.0. The Labute approximate surface area is 96.4 Å². The average molecular weight is 234 g/mol. The van der Waals surface area contributed by atoms with E-state index in [1.54, 1.807) is 0 Å². The molecule has 0 unspecified atom stereocenters. The van der Waals surface area contributed by atoms with E-state index < -0.39 is 6.29 Å². The summed E-state index contributed by atoms with van der Waals surface area (Å²) in [5.74, 6) is -0.196. The van der Waals surface area contributed by atoms with Crippen molar-refractivity contribution in [2.24, 2.45) is 5.73 Å². The van der Waals surface area contributed by atoms with Gasteiger partial charge in [0.05, 0.1) is 13.2 Å². The number of ether oxygens (including phenoxy) is 3. The number of hydrogen-bond acceptors (Lipinski definition) is 5. The first-order valence-corrected chi connectivity index (χ1v) is 5.52. The van der Waals surface area contributed by atoms with Crippen molar-refractivity contribution in [2.75, 3.05) is 39.5 Å². The average Bonchev–Trinajstić information content (AvgIpc) is 2.27. The Kier molecular flexibility index (Phi) is 10.3. The van der Waals surface area contributed by atoms with Gasteiger partial charge in [-0.15, -0.1) is 0 Å². The van der Waals surface area contributed by atoms with Gasteiger partial charge in [0.1, 0.15) is 6.61 Å². The summed E-state index contributed by atoms with van der Waals surface area (Å²) < 4.78 is 15.5. The van der Waals surface area contributed by atoms with Crippen molar-refractivity contribution in [1.29, 1.82) is 0 Å². The summed E-state index contributed by atoms with van der Waals surface area (Å²) in [4.78, 5) is 11.2. The molecule has 0 aliphatic heterocycles. The molecule has 0 fully saturated rings. The van der Waals surface area contributed by atoms with E-state index in [1.165, 1.54) is 0 Å². The highest BCUT2D eigenvalue weighted by atomic mass is 16.7. The quantitative estimate of drug-likeness (QED) is 0.392. The Bertz CT molecular complexity index is 172. The van der Waals surface area contributed by atoms with Crippen molar-refractivity contribution >= 4 is 5.91 Å². The first-order chi connectivity index (χ1) is 7.74. The second-order valence-corrected chi connectivity index (χ2v) is 2.99. The van der Waals surface area contributed by atoms with Crippen molar-refractivity contribution < 1.29 is 19.0 Å². The minimum absolute atomic E-state index is 0.0160. The fraction of sp³-hybridized carbons (Fsp3) is 0.900. The third-order valence-corrected chi connectivity index (χ3v) is 1.67. The van der Waals surface area contributed by atoms with E-state index in [4.69, 9.17) is 19.9 Å². The normalized spacial score (nSPS) is 10.8. The molecule has 0 aromatic heterocycles. The number of nitrogens with two attached hydrogens (primary N) is 1. The molecule has 0 spiro atoms. The summed E-state index contributed by atoms with van der Waals surface area (Å²) in [6, 6.07) is 0. The second-order valence-electron chi connectivity index (χ2n) is 2.99. The first-order valence-electron chi connectivity index (χ1n) is 5.52. The Hall–Kier alpha value is -0.690. The molecule has 0 heterocycles. The fourth-order valence-electron chi connectivity index (χ4n) is 1.03. The standard InChI is InChI=1S/C10H22N2O4/c1-3-15-10(16-4-2)7-12-9(13)8-14-6-5-11/h10H,3-8,11H2,1-2H3,(H,12,13). The Morgan fingerprint density at radius 3 is 2.44 bits per heavy atom. The van der Waals surface area contributed by atoms with Gasteiger partial charge in [-0.25, -0.2) is 0 Å². The van der Waals surface area contributed by atoms with Crippen molar-refractivity contribution in [3.05, 3.63) is 0 Å². The van der Waals surface area contributed by atoms with Crippen LogP contribution in [-0.4, -0.2) is 51.7 Å². The predicted molar refractivity (Wildman–Crippen MR) is 59.9 cm³/mol. The maximum atomic E-state index is 11.2. The zero-order chi connectivity index (χ0) is 12.2. The van der Waals surface area contributed by atoms with Gasteiger partial charge in [-0.3, -0.25) is 4.79 Å². The molecule has 0 bridgehead atoms. The molecular weight excluding hydrogens is 212 g/mol. The van der Waals surface area contributed by atoms with Gasteiger partial charge in [-0.2, -0.15) is 0 Å². The van der Waals surface area contributed by atoms with Crippen LogP contribution in [0.2, 0.25) is 0 Å². The summed E-state index contributed by atoms with van der Waals surface area (Å²) in [6.07, 6.45) is -0.395. The van der Waals surface area contributed by atoms with E-state index in [2.05, 4.69) is 5.32 Å². The van der Waals surface area contributed by atoms with Crippen molar-refractivity contribution in [1.82, 2.24) is 5.32 Å². The van der Waals surface area contributed by atoms with E-state index in [-0.39, 0.29) is 12.5 Å². The van der Waals surface area contributed by atoms with Gasteiger partial charge in [0.25, 0.3) is 0 Å². The van der Waals surface area contributed by atoms with Crippen LogP contribution in [0.4, 0.5) is 0 Å². The third kappa shape index (κ3) is 8.60. The molecule has 0 atom stereocenters. The lowest BCUT2D eigenvalue weighted by atomic mass is 10.5. The Morgan fingerprint density at radius 1 is 1.31 bits per heavy atom. The Balaban J connectivity index is 3.60. The molecule has 0 saturated carbocycles. The maximum Gasteiger partial charge on any atom is 0.246 e. The molecular formula is C10H22N2O4. The van der Waals surface area contributed by atoms with Gasteiger partial charge in [0.15, 0.2) is 6.29 Å². The van der Waals surface area contributed by atoms with Crippen LogP contribution >= 0.6 is 0 Å². The van der Waals surface area contributed by atoms with Gasteiger partial charge in [-0.05, 0) is 13.8 Å². The van der Waals surface area contributed by atoms with E-state index in [1.807, 2.05) is 13.8 Å². The van der Waals surface area contributed by atoms with Crippen LogP contribution in [0.1, 0.15) is 13.8 Å². The fourth-order valence-corrected chi connectivity index (χ4v) is 1.03. The smallest absolute Gasteiger partial charge is 0.246 e. The van der Waals surface area contributed by atoms with E-state index >= 15 is 0 Å². The molecule has 0 aromatic carbocycles. The topological polar surface area (TPSA) is 82.8 Å². The monoisotopic (exact) mass is 234 g/mol. The molecule has 6 nitrogen and oxygen atoms in total. The molecule has 0 aromatic rings. The maximum absolute atomic E-state index is 11.2. The number of hydrogen-bond donors (Lipinski definition) is 2. The van der Waals surface area contributed by atoms with Crippen LogP contribution in [0.3, 0.4) is 0 Å². The van der Waals surface area contributed by atoms with Crippen LogP contribution in [0.25, 0.3) is 0 Å². The van der Waals surface area contributed by atoms with Crippen LogP contribution in [-0.2, 0) is 19.0 Å². The minimum Gasteiger partial charge on any atom is -0.370 e. The number of rotatable bonds is 10. The molecule has 1 amide bonds. The molecule has 0 saturated heterocycles. The van der Waals surface area contributed by atoms with E-state index in [9.17, 15) is 4.79 Å². The highest BCUT2D eigenvalue weighted by molar-refractivity contribution is 5.77. The van der Waals surface area contributed by atoms with Crippen LogP contribution < -0.4 is 11.1 Å². The van der Waals surface area contributed by atoms with Crippen molar-refractivity contribution in [3.63, 3.8) is 0 Å². The summed E-state index contributed by atoms with van der Waals surface area (Å²) in [7, 11) is 0. The molecule has 0 aliphatic carbocycles. The molecule has 0 rings (SSSR count). The molecule has 0 aliphatic rings. The van der Waals surface area contributed by atoms with Gasteiger partial charge in [-0.1, -0.05) is 0 Å². The van der Waals surface area contributed by atoms with Crippen LogP contribution in [0, 0.1) is 0 Å². The first kappa shape index (κ1) is 15.3. The minimum atomic E-state index is -0.395. The lowest BCUT2D eigenvalue weighted by molar-refractivity contribution is -0.142. The predicted octanol–water partition coefficient (Wildman–Crippen LogP) is -0.523. The number of carbonyl (C=O) groups is 1. The van der Waals surface area contributed by atoms with Gasteiger partial charge < -0.3 is 25.3 Å². The van der Waals surface area contributed by atoms with Crippen molar-refractivity contribution in [2.45, 2.75) is 20.1 Å². The molecule has 6 heteroatoms. The molecule has 3 N–H and O–H groups in total. The van der Waals surface area contributed by atoms with Crippen LogP contribution in [0.15, 0.2) is 0 Å². The number of carbonyl (C=O) groups excluding carboxylic acids is 1. The number of amides is 1. The van der Waals surface area contributed by atoms with E-state index in [0.29, 0.717) is 32.9 Å². The zero-order valence-electron chi connectivity index (χ0n) is 10.0. The van der Waals surface area contributed by atoms with Gasteiger partial charge >= 0.3 is 0 Å².